The smallest absolute Gasteiger partial charge is 0.227 e. The van der Waals surface area contributed by atoms with Crippen LogP contribution in [0.25, 0.3) is 11.3 Å². The van der Waals surface area contributed by atoms with Gasteiger partial charge in [0, 0.05) is 30.8 Å². The summed E-state index contributed by atoms with van der Waals surface area (Å²) in [5.74, 6) is 1.86. The zero-order valence-corrected chi connectivity index (χ0v) is 14.9. The van der Waals surface area contributed by atoms with E-state index >= 15 is 0 Å². The average molecular weight is 358 g/mol. The molecule has 0 saturated carbocycles. The molecule has 0 bridgehead atoms. The van der Waals surface area contributed by atoms with E-state index in [-0.39, 0.29) is 17.5 Å². The van der Waals surface area contributed by atoms with E-state index in [9.17, 15) is 8.42 Å². The Morgan fingerprint density at radius 1 is 1.08 bits per heavy atom. The van der Waals surface area contributed by atoms with E-state index in [0.717, 1.165) is 43.1 Å². The second kappa shape index (κ2) is 6.63. The van der Waals surface area contributed by atoms with Crippen LogP contribution in [0.3, 0.4) is 0 Å². The van der Waals surface area contributed by atoms with E-state index in [1.165, 1.54) is 0 Å². The van der Waals surface area contributed by atoms with Gasteiger partial charge in [0.05, 0.1) is 17.2 Å². The van der Waals surface area contributed by atoms with Crippen molar-refractivity contribution < 1.29 is 8.42 Å². The maximum Gasteiger partial charge on any atom is 0.227 e. The maximum atomic E-state index is 11.7. The van der Waals surface area contributed by atoms with Gasteiger partial charge in [-0.2, -0.15) is 4.98 Å². The summed E-state index contributed by atoms with van der Waals surface area (Å²) in [6.07, 6.45) is 2.94. The lowest BCUT2D eigenvalue weighted by Crippen LogP contribution is -2.24. The van der Waals surface area contributed by atoms with Crippen LogP contribution >= 0.6 is 0 Å². The highest BCUT2D eigenvalue weighted by Crippen LogP contribution is 2.26. The molecule has 1 atom stereocenters. The Bertz CT molecular complexity index is 849. The van der Waals surface area contributed by atoms with Crippen LogP contribution in [-0.2, 0) is 9.84 Å². The maximum absolute atomic E-state index is 11.7. The first-order valence-electron chi connectivity index (χ1n) is 8.75. The zero-order chi connectivity index (χ0) is 17.3. The molecule has 2 saturated heterocycles. The Balaban J connectivity index is 1.66. The topological polar surface area (TPSA) is 75.2 Å². The first-order valence-corrected chi connectivity index (χ1v) is 10.6. The van der Waals surface area contributed by atoms with Crippen molar-refractivity contribution in [3.63, 3.8) is 0 Å². The molecule has 2 aliphatic heterocycles. The number of nitrogens with one attached hydrogen (secondary N) is 1. The molecular formula is C18H22N4O2S. The molecule has 1 aromatic carbocycles. The fraction of sp³-hybridized carbons (Fsp3) is 0.444. The molecule has 7 heteroatoms. The number of benzene rings is 1. The highest BCUT2D eigenvalue weighted by atomic mass is 32.2. The van der Waals surface area contributed by atoms with Crippen molar-refractivity contribution in [2.45, 2.75) is 25.3 Å². The minimum Gasteiger partial charge on any atom is -0.366 e. The lowest BCUT2D eigenvalue weighted by Gasteiger charge is -2.19. The SMILES string of the molecule is O=S1(=O)CCC(Nc2cc(-c3ccccc3)nc(N3CCCC3)n2)C1. The second-order valence-corrected chi connectivity index (χ2v) is 8.97. The van der Waals surface area contributed by atoms with Crippen LogP contribution in [0.15, 0.2) is 36.4 Å². The predicted molar refractivity (Wildman–Crippen MR) is 99.6 cm³/mol. The molecule has 132 valence electrons. The Hall–Kier alpha value is -2.15. The van der Waals surface area contributed by atoms with E-state index in [2.05, 4.69) is 15.2 Å². The third kappa shape index (κ3) is 3.76. The molecule has 2 aliphatic rings. The quantitative estimate of drug-likeness (QED) is 0.904. The van der Waals surface area contributed by atoms with Crippen molar-refractivity contribution >= 4 is 21.6 Å². The van der Waals surface area contributed by atoms with E-state index in [4.69, 9.17) is 4.98 Å². The number of aromatic nitrogens is 2. The van der Waals surface area contributed by atoms with Crippen molar-refractivity contribution in [1.29, 1.82) is 0 Å². The van der Waals surface area contributed by atoms with Crippen molar-refractivity contribution in [3.8, 4) is 11.3 Å². The molecule has 3 heterocycles. The van der Waals surface area contributed by atoms with Crippen molar-refractivity contribution in [2.24, 2.45) is 0 Å². The summed E-state index contributed by atoms with van der Waals surface area (Å²) in [7, 11) is -2.92. The van der Waals surface area contributed by atoms with Gasteiger partial charge in [0.1, 0.15) is 5.82 Å². The molecule has 25 heavy (non-hydrogen) atoms. The highest BCUT2D eigenvalue weighted by molar-refractivity contribution is 7.91. The number of hydrogen-bond donors (Lipinski definition) is 1. The molecular weight excluding hydrogens is 336 g/mol. The fourth-order valence-corrected chi connectivity index (χ4v) is 5.12. The fourth-order valence-electron chi connectivity index (χ4n) is 3.44. The Labute approximate surface area is 148 Å². The Kier molecular flexibility index (Phi) is 4.33. The van der Waals surface area contributed by atoms with E-state index in [1.807, 2.05) is 36.4 Å². The minimum absolute atomic E-state index is 0.0741. The van der Waals surface area contributed by atoms with Crippen molar-refractivity contribution in [2.75, 3.05) is 34.8 Å². The molecule has 0 spiro atoms. The zero-order valence-electron chi connectivity index (χ0n) is 14.1. The van der Waals surface area contributed by atoms with Gasteiger partial charge in [-0.3, -0.25) is 0 Å². The number of sulfone groups is 1. The van der Waals surface area contributed by atoms with Crippen LogP contribution in [-0.4, -0.2) is 49.0 Å². The summed E-state index contributed by atoms with van der Waals surface area (Å²) in [5.41, 5.74) is 1.90. The number of nitrogens with zero attached hydrogens (tertiary/aromatic N) is 3. The van der Waals surface area contributed by atoms with Crippen LogP contribution in [0.1, 0.15) is 19.3 Å². The van der Waals surface area contributed by atoms with E-state index in [0.29, 0.717) is 12.2 Å². The standard InChI is InChI=1S/C18H22N4O2S/c23-25(24)11-8-15(13-25)19-17-12-16(14-6-2-1-3-7-14)20-18(21-17)22-9-4-5-10-22/h1-3,6-7,12,15H,4-5,8-11,13H2,(H,19,20,21). The van der Waals surface area contributed by atoms with Gasteiger partial charge in [0.15, 0.2) is 9.84 Å². The molecule has 4 rings (SSSR count). The number of hydrogen-bond acceptors (Lipinski definition) is 6. The molecule has 1 aromatic heterocycles. The average Bonchev–Trinajstić information content (AvgIpc) is 3.25. The molecule has 0 radical (unpaired) electrons. The summed E-state index contributed by atoms with van der Waals surface area (Å²) in [6.45, 7) is 1.94. The monoisotopic (exact) mass is 358 g/mol. The minimum atomic E-state index is -2.92. The summed E-state index contributed by atoms with van der Waals surface area (Å²) in [6, 6.07) is 11.9. The summed E-state index contributed by atoms with van der Waals surface area (Å²) >= 11 is 0. The Morgan fingerprint density at radius 2 is 1.84 bits per heavy atom. The largest absolute Gasteiger partial charge is 0.366 e. The van der Waals surface area contributed by atoms with Gasteiger partial charge in [-0.05, 0) is 19.3 Å². The van der Waals surface area contributed by atoms with Gasteiger partial charge >= 0.3 is 0 Å². The van der Waals surface area contributed by atoms with Gasteiger partial charge in [-0.1, -0.05) is 30.3 Å². The van der Waals surface area contributed by atoms with E-state index in [1.54, 1.807) is 0 Å². The van der Waals surface area contributed by atoms with Crippen LogP contribution in [0.5, 0.6) is 0 Å². The summed E-state index contributed by atoms with van der Waals surface area (Å²) < 4.78 is 23.4. The highest BCUT2D eigenvalue weighted by Gasteiger charge is 2.28. The molecule has 6 nitrogen and oxygen atoms in total. The van der Waals surface area contributed by atoms with Gasteiger partial charge < -0.3 is 10.2 Å². The first-order chi connectivity index (χ1) is 12.1. The normalized spacial score (nSPS) is 22.2. The van der Waals surface area contributed by atoms with Gasteiger partial charge in [0.2, 0.25) is 5.95 Å². The van der Waals surface area contributed by atoms with Gasteiger partial charge in [-0.25, -0.2) is 13.4 Å². The van der Waals surface area contributed by atoms with Crippen LogP contribution in [0, 0.1) is 0 Å². The lowest BCUT2D eigenvalue weighted by atomic mass is 10.1. The Morgan fingerprint density at radius 3 is 2.52 bits per heavy atom. The molecule has 2 fully saturated rings. The second-order valence-electron chi connectivity index (χ2n) is 6.74. The number of rotatable bonds is 4. The lowest BCUT2D eigenvalue weighted by molar-refractivity contribution is 0.602. The first kappa shape index (κ1) is 16.3. The summed E-state index contributed by atoms with van der Waals surface area (Å²) in [5, 5.41) is 3.31. The molecule has 0 aliphatic carbocycles. The van der Waals surface area contributed by atoms with Crippen molar-refractivity contribution in [3.05, 3.63) is 36.4 Å². The third-order valence-corrected chi connectivity index (χ3v) is 6.53. The molecule has 1 N–H and O–H groups in total. The van der Waals surface area contributed by atoms with E-state index < -0.39 is 9.84 Å². The molecule has 1 unspecified atom stereocenters. The molecule has 0 amide bonds. The third-order valence-electron chi connectivity index (χ3n) is 4.76. The number of anilines is 2. The van der Waals surface area contributed by atoms with Gasteiger partial charge in [-0.15, -0.1) is 0 Å². The van der Waals surface area contributed by atoms with Crippen molar-refractivity contribution in [1.82, 2.24) is 9.97 Å². The summed E-state index contributed by atoms with van der Waals surface area (Å²) in [4.78, 5) is 11.6. The van der Waals surface area contributed by atoms with Gasteiger partial charge in [0.25, 0.3) is 0 Å². The van der Waals surface area contributed by atoms with Crippen LogP contribution in [0.4, 0.5) is 11.8 Å². The molecule has 2 aromatic rings. The predicted octanol–water partition coefficient (Wildman–Crippen LogP) is 2.34. The van der Waals surface area contributed by atoms with Crippen LogP contribution < -0.4 is 10.2 Å². The van der Waals surface area contributed by atoms with Crippen LogP contribution in [0.2, 0.25) is 0 Å².